The molecule has 3 rings (SSSR count). The van der Waals surface area contributed by atoms with Crippen LogP contribution in [0.2, 0.25) is 0 Å². The Morgan fingerprint density at radius 1 is 1.08 bits per heavy atom. The topological polar surface area (TPSA) is 29.1 Å². The number of hydrogen-bond donors (Lipinski definition) is 1. The van der Waals surface area contributed by atoms with Crippen molar-refractivity contribution in [1.82, 2.24) is 0 Å². The molecule has 2 heteroatoms. The van der Waals surface area contributed by atoms with Gasteiger partial charge in [-0.25, -0.2) is 0 Å². The highest BCUT2D eigenvalue weighted by atomic mass is 16.1. The number of nitrogens with one attached hydrogen (secondary N) is 1. The molecule has 2 aromatic rings. The summed E-state index contributed by atoms with van der Waals surface area (Å²) < 4.78 is 0. The van der Waals surface area contributed by atoms with Gasteiger partial charge >= 0.3 is 0 Å². The Kier molecular flexibility index (Phi) is 4.31. The number of anilines is 1. The number of amides is 1. The zero-order valence-corrected chi connectivity index (χ0v) is 14.9. The normalized spacial score (nSPS) is 15.8. The monoisotopic (exact) mass is 319 g/mol. The molecule has 1 aliphatic carbocycles. The van der Waals surface area contributed by atoms with Crippen LogP contribution < -0.4 is 5.32 Å². The van der Waals surface area contributed by atoms with Gasteiger partial charge in [0.15, 0.2) is 0 Å². The van der Waals surface area contributed by atoms with E-state index >= 15 is 0 Å². The quantitative estimate of drug-likeness (QED) is 0.786. The summed E-state index contributed by atoms with van der Waals surface area (Å²) in [5, 5.41) is 2.97. The van der Waals surface area contributed by atoms with Crippen molar-refractivity contribution in [2.75, 3.05) is 5.32 Å². The molecular weight excluding hydrogens is 294 g/mol. The SMILES string of the molecule is CCc1ccc(C2=C(c3ccccc3NC(C)=O)CC2(C)C)cc1. The zero-order valence-electron chi connectivity index (χ0n) is 14.9. The lowest BCUT2D eigenvalue weighted by molar-refractivity contribution is -0.114. The second kappa shape index (κ2) is 6.27. The Balaban J connectivity index is 2.10. The molecule has 124 valence electrons. The Morgan fingerprint density at radius 2 is 1.75 bits per heavy atom. The van der Waals surface area contributed by atoms with Gasteiger partial charge in [0.1, 0.15) is 0 Å². The highest BCUT2D eigenvalue weighted by molar-refractivity contribution is 6.04. The molecule has 2 nitrogen and oxygen atoms in total. The van der Waals surface area contributed by atoms with Crippen LogP contribution in [-0.4, -0.2) is 5.91 Å². The molecule has 0 unspecified atom stereocenters. The first kappa shape index (κ1) is 16.5. The summed E-state index contributed by atoms with van der Waals surface area (Å²) in [7, 11) is 0. The van der Waals surface area contributed by atoms with Crippen molar-refractivity contribution in [3.63, 3.8) is 0 Å². The number of aryl methyl sites for hydroxylation is 1. The maximum atomic E-state index is 11.5. The Labute approximate surface area is 144 Å². The fourth-order valence-electron chi connectivity index (χ4n) is 3.67. The molecule has 0 saturated carbocycles. The van der Waals surface area contributed by atoms with E-state index in [1.54, 1.807) is 6.92 Å². The first-order valence-corrected chi connectivity index (χ1v) is 8.62. The average Bonchev–Trinajstić information content (AvgIpc) is 2.54. The molecule has 1 aliphatic rings. The zero-order chi connectivity index (χ0) is 17.3. The number of carbonyl (C=O) groups is 1. The minimum absolute atomic E-state index is 0.0320. The van der Waals surface area contributed by atoms with Gasteiger partial charge in [0, 0.05) is 18.2 Å². The van der Waals surface area contributed by atoms with Crippen LogP contribution in [0.15, 0.2) is 48.5 Å². The van der Waals surface area contributed by atoms with E-state index in [-0.39, 0.29) is 11.3 Å². The summed E-state index contributed by atoms with van der Waals surface area (Å²) in [4.78, 5) is 11.5. The minimum Gasteiger partial charge on any atom is -0.326 e. The summed E-state index contributed by atoms with van der Waals surface area (Å²) in [5.74, 6) is -0.0320. The van der Waals surface area contributed by atoms with E-state index in [4.69, 9.17) is 0 Å². The fourth-order valence-corrected chi connectivity index (χ4v) is 3.67. The van der Waals surface area contributed by atoms with E-state index in [0.717, 1.165) is 24.1 Å². The number of hydrogen-bond acceptors (Lipinski definition) is 1. The predicted octanol–water partition coefficient (Wildman–Crippen LogP) is 5.55. The summed E-state index contributed by atoms with van der Waals surface area (Å²) in [5.41, 5.74) is 7.58. The van der Waals surface area contributed by atoms with Crippen molar-refractivity contribution >= 4 is 22.7 Å². The van der Waals surface area contributed by atoms with E-state index in [1.165, 1.54) is 22.3 Å². The van der Waals surface area contributed by atoms with E-state index in [9.17, 15) is 4.79 Å². The molecule has 0 radical (unpaired) electrons. The van der Waals surface area contributed by atoms with Crippen LogP contribution in [0.1, 0.15) is 50.8 Å². The van der Waals surface area contributed by atoms with Crippen LogP contribution in [0.25, 0.3) is 11.1 Å². The molecule has 0 atom stereocenters. The fraction of sp³-hybridized carbons (Fsp3) is 0.318. The van der Waals surface area contributed by atoms with Gasteiger partial charge in [0.25, 0.3) is 0 Å². The number of carbonyl (C=O) groups excluding carboxylic acids is 1. The van der Waals surface area contributed by atoms with Gasteiger partial charge in [-0.05, 0) is 46.6 Å². The molecule has 0 heterocycles. The summed E-state index contributed by atoms with van der Waals surface area (Å²) in [6, 6.07) is 17.0. The van der Waals surface area contributed by atoms with Gasteiger partial charge in [-0.15, -0.1) is 0 Å². The van der Waals surface area contributed by atoms with Crippen LogP contribution in [0.4, 0.5) is 5.69 Å². The van der Waals surface area contributed by atoms with Gasteiger partial charge in [0.05, 0.1) is 0 Å². The van der Waals surface area contributed by atoms with E-state index in [0.29, 0.717) is 0 Å². The summed E-state index contributed by atoms with van der Waals surface area (Å²) in [6.07, 6.45) is 2.08. The van der Waals surface area contributed by atoms with Crippen molar-refractivity contribution in [3.8, 4) is 0 Å². The van der Waals surface area contributed by atoms with Crippen molar-refractivity contribution in [1.29, 1.82) is 0 Å². The maximum absolute atomic E-state index is 11.5. The molecule has 0 saturated heterocycles. The lowest BCUT2D eigenvalue weighted by atomic mass is 9.62. The van der Waals surface area contributed by atoms with Gasteiger partial charge in [-0.1, -0.05) is 63.2 Å². The van der Waals surface area contributed by atoms with E-state index in [1.807, 2.05) is 18.2 Å². The molecule has 0 fully saturated rings. The molecule has 0 spiro atoms. The van der Waals surface area contributed by atoms with Gasteiger partial charge in [-0.2, -0.15) is 0 Å². The lowest BCUT2D eigenvalue weighted by Gasteiger charge is -2.42. The van der Waals surface area contributed by atoms with Crippen molar-refractivity contribution in [2.24, 2.45) is 5.41 Å². The van der Waals surface area contributed by atoms with Crippen LogP contribution in [-0.2, 0) is 11.2 Å². The van der Waals surface area contributed by atoms with Crippen molar-refractivity contribution in [3.05, 3.63) is 65.2 Å². The number of benzene rings is 2. The molecule has 1 amide bonds. The average molecular weight is 319 g/mol. The standard InChI is InChI=1S/C22H25NO/c1-5-16-10-12-17(13-11-16)21-19(14-22(21,3)4)18-8-6-7-9-20(18)23-15(2)24/h6-13H,5,14H2,1-4H3,(H,23,24). The van der Waals surface area contributed by atoms with Crippen molar-refractivity contribution < 1.29 is 4.79 Å². The van der Waals surface area contributed by atoms with Crippen molar-refractivity contribution in [2.45, 2.75) is 40.5 Å². The summed E-state index contributed by atoms with van der Waals surface area (Å²) >= 11 is 0. The first-order valence-electron chi connectivity index (χ1n) is 8.62. The lowest BCUT2D eigenvalue weighted by Crippen LogP contribution is -2.26. The molecular formula is C22H25NO. The first-order chi connectivity index (χ1) is 11.4. The molecule has 2 aromatic carbocycles. The molecule has 0 aliphatic heterocycles. The predicted molar refractivity (Wildman–Crippen MR) is 102 cm³/mol. The third-order valence-electron chi connectivity index (χ3n) is 4.81. The Morgan fingerprint density at radius 3 is 2.33 bits per heavy atom. The smallest absolute Gasteiger partial charge is 0.221 e. The number of allylic oxidation sites excluding steroid dienone is 2. The van der Waals surface area contributed by atoms with E-state index < -0.39 is 0 Å². The van der Waals surface area contributed by atoms with Gasteiger partial charge < -0.3 is 5.32 Å². The maximum Gasteiger partial charge on any atom is 0.221 e. The second-order valence-electron chi connectivity index (χ2n) is 7.19. The Bertz CT molecular complexity index is 797. The van der Waals surface area contributed by atoms with E-state index in [2.05, 4.69) is 56.4 Å². The second-order valence-corrected chi connectivity index (χ2v) is 7.19. The van der Waals surface area contributed by atoms with Gasteiger partial charge in [-0.3, -0.25) is 4.79 Å². The molecule has 1 N–H and O–H groups in total. The van der Waals surface area contributed by atoms with Gasteiger partial charge in [0.2, 0.25) is 5.91 Å². The molecule has 0 bridgehead atoms. The third kappa shape index (κ3) is 3.01. The van der Waals surface area contributed by atoms with Crippen LogP contribution in [0.3, 0.4) is 0 Å². The number of para-hydroxylation sites is 1. The minimum atomic E-state index is -0.0320. The molecule has 24 heavy (non-hydrogen) atoms. The Hall–Kier alpha value is -2.35. The van der Waals surface area contributed by atoms with Crippen LogP contribution in [0, 0.1) is 5.41 Å². The third-order valence-corrected chi connectivity index (χ3v) is 4.81. The van der Waals surface area contributed by atoms with Crippen LogP contribution >= 0.6 is 0 Å². The van der Waals surface area contributed by atoms with Crippen LogP contribution in [0.5, 0.6) is 0 Å². The largest absolute Gasteiger partial charge is 0.326 e. The number of rotatable bonds is 4. The molecule has 0 aromatic heterocycles. The highest BCUT2D eigenvalue weighted by Crippen LogP contribution is 2.56. The highest BCUT2D eigenvalue weighted by Gasteiger charge is 2.38. The summed E-state index contributed by atoms with van der Waals surface area (Å²) in [6.45, 7) is 8.32.